The Bertz CT molecular complexity index is 461. The molecule has 5 heteroatoms. The normalized spacial score (nSPS) is 30.1. The van der Waals surface area contributed by atoms with Gasteiger partial charge in [-0.25, -0.2) is 9.78 Å². The lowest BCUT2D eigenvalue weighted by molar-refractivity contribution is 0.00590. The van der Waals surface area contributed by atoms with Crippen LogP contribution in [0.25, 0.3) is 0 Å². The number of nitrogens with one attached hydrogen (secondary N) is 1. The van der Waals surface area contributed by atoms with Crippen LogP contribution in [0.2, 0.25) is 0 Å². The van der Waals surface area contributed by atoms with Crippen LogP contribution in [-0.2, 0) is 4.74 Å². The van der Waals surface area contributed by atoms with E-state index in [2.05, 4.69) is 10.3 Å². The van der Waals surface area contributed by atoms with Crippen molar-refractivity contribution in [3.8, 4) is 0 Å². The second-order valence-electron chi connectivity index (χ2n) is 6.10. The number of nitrogens with zero attached hydrogens (tertiary/aromatic N) is 1. The highest BCUT2D eigenvalue weighted by Gasteiger charge is 2.50. The summed E-state index contributed by atoms with van der Waals surface area (Å²) in [5.74, 6) is 1.16. The molecule has 1 saturated carbocycles. The van der Waals surface area contributed by atoms with Crippen LogP contribution in [0.5, 0.6) is 0 Å². The quantitative estimate of drug-likeness (QED) is 0.809. The minimum absolute atomic E-state index is 0.287. The van der Waals surface area contributed by atoms with Crippen molar-refractivity contribution in [2.24, 2.45) is 5.92 Å². The highest BCUT2D eigenvalue weighted by molar-refractivity contribution is 5.88. The maximum Gasteiger partial charge on any atom is 0.361 e. The molecule has 5 nitrogen and oxygen atoms in total. The van der Waals surface area contributed by atoms with Crippen molar-refractivity contribution < 1.29 is 13.9 Å². The van der Waals surface area contributed by atoms with Crippen LogP contribution in [0.4, 0.5) is 0 Å². The molecule has 0 amide bonds. The maximum atomic E-state index is 12.1. The van der Waals surface area contributed by atoms with E-state index in [4.69, 9.17) is 9.15 Å². The van der Waals surface area contributed by atoms with Gasteiger partial charge in [0.1, 0.15) is 11.4 Å². The highest BCUT2D eigenvalue weighted by Crippen LogP contribution is 2.48. The lowest BCUT2D eigenvalue weighted by Gasteiger charge is -2.32. The van der Waals surface area contributed by atoms with Crippen molar-refractivity contribution in [3.05, 3.63) is 17.8 Å². The van der Waals surface area contributed by atoms with Gasteiger partial charge < -0.3 is 14.5 Å². The minimum Gasteiger partial charge on any atom is -0.455 e. The van der Waals surface area contributed by atoms with Crippen LogP contribution >= 0.6 is 0 Å². The third-order valence-corrected chi connectivity index (χ3v) is 3.63. The number of rotatable bonds is 2. The fourth-order valence-corrected chi connectivity index (χ4v) is 2.84. The zero-order valence-electron chi connectivity index (χ0n) is 10.9. The summed E-state index contributed by atoms with van der Waals surface area (Å²) in [7, 11) is 0. The third kappa shape index (κ3) is 1.82. The number of carbonyl (C=O) groups excluding carboxylic acids is 1. The fourth-order valence-electron chi connectivity index (χ4n) is 2.84. The zero-order valence-corrected chi connectivity index (χ0v) is 10.9. The number of aromatic nitrogens is 1. The molecule has 2 aliphatic heterocycles. The first kappa shape index (κ1) is 11.7. The molecule has 98 valence electrons. The van der Waals surface area contributed by atoms with Gasteiger partial charge in [-0.3, -0.25) is 0 Å². The van der Waals surface area contributed by atoms with Gasteiger partial charge in [0.05, 0.1) is 0 Å². The predicted octanol–water partition coefficient (Wildman–Crippen LogP) is 1.71. The molecule has 3 heterocycles. The Hall–Kier alpha value is -1.36. The van der Waals surface area contributed by atoms with Crippen LogP contribution in [0, 0.1) is 5.92 Å². The summed E-state index contributed by atoms with van der Waals surface area (Å²) in [6.07, 6.45) is 2.51. The molecular weight excluding hydrogens is 232 g/mol. The molecule has 3 aliphatic rings. The van der Waals surface area contributed by atoms with E-state index in [1.165, 1.54) is 12.8 Å². The van der Waals surface area contributed by atoms with Gasteiger partial charge in [0.25, 0.3) is 0 Å². The average Bonchev–Trinajstić information content (AvgIpc) is 2.88. The Morgan fingerprint density at radius 3 is 2.89 bits per heavy atom. The number of hydrogen-bond acceptors (Lipinski definition) is 5. The molecule has 2 bridgehead atoms. The van der Waals surface area contributed by atoms with Crippen LogP contribution in [-0.4, -0.2) is 29.1 Å². The smallest absolute Gasteiger partial charge is 0.361 e. The first-order valence-corrected chi connectivity index (χ1v) is 6.36. The number of carbonyl (C=O) groups is 1. The zero-order chi connectivity index (χ0) is 12.9. The highest BCUT2D eigenvalue weighted by atomic mass is 16.6. The Balaban J connectivity index is 1.82. The van der Waals surface area contributed by atoms with Gasteiger partial charge in [0.15, 0.2) is 12.1 Å². The molecule has 1 aromatic rings. The topological polar surface area (TPSA) is 64.4 Å². The van der Waals surface area contributed by atoms with Crippen LogP contribution < -0.4 is 5.32 Å². The fraction of sp³-hybridized carbons (Fsp3) is 0.692. The second-order valence-corrected chi connectivity index (χ2v) is 6.10. The Labute approximate surface area is 106 Å². The van der Waals surface area contributed by atoms with E-state index in [-0.39, 0.29) is 5.92 Å². The molecule has 0 radical (unpaired) electrons. The molecule has 1 N–H and O–H groups in total. The summed E-state index contributed by atoms with van der Waals surface area (Å²) in [6.45, 7) is 6.54. The maximum absolute atomic E-state index is 12.1. The lowest BCUT2D eigenvalue weighted by Crippen LogP contribution is -2.35. The molecule has 4 rings (SSSR count). The van der Waals surface area contributed by atoms with Gasteiger partial charge in [-0.05, 0) is 39.7 Å². The predicted molar refractivity (Wildman–Crippen MR) is 64.3 cm³/mol. The van der Waals surface area contributed by atoms with Gasteiger partial charge in [-0.2, -0.15) is 0 Å². The summed E-state index contributed by atoms with van der Waals surface area (Å²) in [5, 5.41) is 3.41. The molecule has 0 spiro atoms. The van der Waals surface area contributed by atoms with Crippen molar-refractivity contribution in [1.82, 2.24) is 10.3 Å². The largest absolute Gasteiger partial charge is 0.455 e. The number of esters is 1. The summed E-state index contributed by atoms with van der Waals surface area (Å²) in [4.78, 5) is 16.1. The van der Waals surface area contributed by atoms with Gasteiger partial charge in [0, 0.05) is 12.0 Å². The number of ether oxygens (including phenoxy) is 1. The van der Waals surface area contributed by atoms with Crippen LogP contribution in [0.15, 0.2) is 10.8 Å². The average molecular weight is 250 g/mol. The van der Waals surface area contributed by atoms with E-state index >= 15 is 0 Å². The Morgan fingerprint density at radius 1 is 1.56 bits per heavy atom. The molecule has 3 unspecified atom stereocenters. The van der Waals surface area contributed by atoms with Gasteiger partial charge >= 0.3 is 5.97 Å². The van der Waals surface area contributed by atoms with Crippen molar-refractivity contribution in [2.75, 3.05) is 6.54 Å². The molecule has 3 atom stereocenters. The van der Waals surface area contributed by atoms with E-state index in [1.54, 1.807) is 0 Å². The van der Waals surface area contributed by atoms with E-state index in [9.17, 15) is 4.79 Å². The summed E-state index contributed by atoms with van der Waals surface area (Å²) >= 11 is 0. The first-order chi connectivity index (χ1) is 8.46. The lowest BCUT2D eigenvalue weighted by atomic mass is 9.72. The standard InChI is InChI=1S/C13H18N2O3/c1-13(2,3)18-12(16)10-11(17-6-15-10)9-7-4-8(9)14-5-7/h6-9,14H,4-5H2,1-3H3. The minimum atomic E-state index is -0.510. The number of oxazole rings is 1. The Kier molecular flexibility index (Phi) is 2.48. The van der Waals surface area contributed by atoms with Gasteiger partial charge in [-0.1, -0.05) is 0 Å². The van der Waals surface area contributed by atoms with Crippen molar-refractivity contribution in [3.63, 3.8) is 0 Å². The van der Waals surface area contributed by atoms with E-state index in [1.807, 2.05) is 20.8 Å². The molecule has 0 aromatic carbocycles. The second kappa shape index (κ2) is 3.82. The molecule has 1 aromatic heterocycles. The van der Waals surface area contributed by atoms with Gasteiger partial charge in [-0.15, -0.1) is 0 Å². The van der Waals surface area contributed by atoms with Crippen LogP contribution in [0.1, 0.15) is 49.4 Å². The molecule has 3 fully saturated rings. The molecule has 18 heavy (non-hydrogen) atoms. The number of hydrogen-bond donors (Lipinski definition) is 1. The molecule has 2 saturated heterocycles. The summed E-state index contributed by atoms with van der Waals surface area (Å²) in [5.41, 5.74) is -0.169. The summed E-state index contributed by atoms with van der Waals surface area (Å²) < 4.78 is 10.8. The first-order valence-electron chi connectivity index (χ1n) is 6.36. The molecule has 1 aliphatic carbocycles. The van der Waals surface area contributed by atoms with E-state index in [0.717, 1.165) is 6.54 Å². The SMILES string of the molecule is CC(C)(C)OC(=O)c1ncoc1C1C2CNC1C2. The van der Waals surface area contributed by atoms with E-state index < -0.39 is 11.6 Å². The number of fused-ring (bicyclic) bond motifs is 1. The van der Waals surface area contributed by atoms with E-state index in [0.29, 0.717) is 23.4 Å². The monoisotopic (exact) mass is 250 g/mol. The van der Waals surface area contributed by atoms with Gasteiger partial charge in [0.2, 0.25) is 0 Å². The van der Waals surface area contributed by atoms with Crippen LogP contribution in [0.3, 0.4) is 0 Å². The van der Waals surface area contributed by atoms with Crippen molar-refractivity contribution in [2.45, 2.75) is 44.8 Å². The van der Waals surface area contributed by atoms with Crippen molar-refractivity contribution >= 4 is 5.97 Å². The summed E-state index contributed by atoms with van der Waals surface area (Å²) in [6, 6.07) is 0.434. The molecular formula is C13H18N2O3. The third-order valence-electron chi connectivity index (χ3n) is 3.63. The Morgan fingerprint density at radius 2 is 2.33 bits per heavy atom. The van der Waals surface area contributed by atoms with Crippen molar-refractivity contribution in [1.29, 1.82) is 0 Å².